The van der Waals surface area contributed by atoms with Crippen molar-refractivity contribution in [2.45, 2.75) is 6.54 Å². The molecule has 3 heterocycles. The molecule has 0 radical (unpaired) electrons. The number of aromatic nitrogens is 3. The molecule has 0 unspecified atom stereocenters. The van der Waals surface area contributed by atoms with Gasteiger partial charge in [-0.2, -0.15) is 0 Å². The number of imidazole rings is 1. The van der Waals surface area contributed by atoms with E-state index in [2.05, 4.69) is 15.3 Å². The SMILES string of the molecule is O=C(NCc1cn2ccsc2n1)c1cc(Cl)nc(Cl)c1. The topological polar surface area (TPSA) is 59.3 Å². The molecule has 0 saturated heterocycles. The van der Waals surface area contributed by atoms with Crippen molar-refractivity contribution < 1.29 is 4.79 Å². The van der Waals surface area contributed by atoms with Gasteiger partial charge in [0.25, 0.3) is 5.91 Å². The molecule has 0 fully saturated rings. The Labute approximate surface area is 128 Å². The van der Waals surface area contributed by atoms with Gasteiger partial charge in [0, 0.05) is 23.3 Å². The highest BCUT2D eigenvalue weighted by molar-refractivity contribution is 7.15. The number of fused-ring (bicyclic) bond motifs is 1. The minimum atomic E-state index is -0.271. The van der Waals surface area contributed by atoms with Gasteiger partial charge in [-0.3, -0.25) is 9.20 Å². The zero-order chi connectivity index (χ0) is 14.1. The quantitative estimate of drug-likeness (QED) is 0.752. The Balaban J connectivity index is 1.71. The Morgan fingerprint density at radius 1 is 1.30 bits per heavy atom. The third-order valence-corrected chi connectivity index (χ3v) is 3.76. The number of thiazole rings is 1. The van der Waals surface area contributed by atoms with Crippen molar-refractivity contribution in [2.24, 2.45) is 0 Å². The summed E-state index contributed by atoms with van der Waals surface area (Å²) in [4.78, 5) is 21.0. The van der Waals surface area contributed by atoms with Crippen LogP contribution in [0.5, 0.6) is 0 Å². The van der Waals surface area contributed by atoms with Gasteiger partial charge in [0.1, 0.15) is 10.3 Å². The molecule has 1 amide bonds. The average molecular weight is 327 g/mol. The number of rotatable bonds is 3. The summed E-state index contributed by atoms with van der Waals surface area (Å²) in [7, 11) is 0. The van der Waals surface area contributed by atoms with E-state index in [-0.39, 0.29) is 16.2 Å². The minimum Gasteiger partial charge on any atom is -0.346 e. The van der Waals surface area contributed by atoms with Crippen LogP contribution in [0.1, 0.15) is 16.1 Å². The van der Waals surface area contributed by atoms with Crippen molar-refractivity contribution in [1.29, 1.82) is 0 Å². The van der Waals surface area contributed by atoms with Crippen molar-refractivity contribution in [1.82, 2.24) is 19.7 Å². The standard InChI is InChI=1S/C12H8Cl2N4OS/c13-9-3-7(4-10(14)17-9)11(19)15-5-8-6-18-1-2-20-12(18)16-8/h1-4,6H,5H2,(H,15,19). The summed E-state index contributed by atoms with van der Waals surface area (Å²) >= 11 is 13.1. The van der Waals surface area contributed by atoms with Crippen molar-refractivity contribution >= 4 is 45.4 Å². The monoisotopic (exact) mass is 326 g/mol. The molecule has 20 heavy (non-hydrogen) atoms. The van der Waals surface area contributed by atoms with Crippen molar-refractivity contribution in [2.75, 3.05) is 0 Å². The predicted octanol–water partition coefficient (Wildman–Crippen LogP) is 3.03. The highest BCUT2D eigenvalue weighted by atomic mass is 35.5. The summed E-state index contributed by atoms with van der Waals surface area (Å²) in [5, 5.41) is 5.09. The van der Waals surface area contributed by atoms with E-state index in [9.17, 15) is 4.79 Å². The Bertz CT molecular complexity index is 734. The van der Waals surface area contributed by atoms with Crippen LogP contribution in [0.4, 0.5) is 0 Å². The van der Waals surface area contributed by atoms with Gasteiger partial charge in [0.05, 0.1) is 12.2 Å². The number of nitrogens with zero attached hydrogens (tertiary/aromatic N) is 3. The molecule has 0 aromatic carbocycles. The van der Waals surface area contributed by atoms with Crippen molar-refractivity contribution in [3.63, 3.8) is 0 Å². The minimum absolute atomic E-state index is 0.185. The summed E-state index contributed by atoms with van der Waals surface area (Å²) in [5.74, 6) is -0.271. The summed E-state index contributed by atoms with van der Waals surface area (Å²) in [6.07, 6.45) is 3.79. The Morgan fingerprint density at radius 3 is 2.75 bits per heavy atom. The van der Waals surface area contributed by atoms with Gasteiger partial charge in [0.2, 0.25) is 0 Å². The maximum atomic E-state index is 12.0. The second-order valence-corrected chi connectivity index (χ2v) is 5.66. The van der Waals surface area contributed by atoms with Gasteiger partial charge < -0.3 is 5.32 Å². The fraction of sp³-hybridized carbons (Fsp3) is 0.0833. The van der Waals surface area contributed by atoms with Crippen molar-refractivity contribution in [3.05, 3.63) is 51.5 Å². The summed E-state index contributed by atoms with van der Waals surface area (Å²) in [6, 6.07) is 2.93. The predicted molar refractivity (Wildman–Crippen MR) is 78.5 cm³/mol. The molecule has 102 valence electrons. The second-order valence-electron chi connectivity index (χ2n) is 4.01. The number of nitrogens with one attached hydrogen (secondary N) is 1. The van der Waals surface area contributed by atoms with Gasteiger partial charge in [-0.1, -0.05) is 23.2 Å². The largest absolute Gasteiger partial charge is 0.346 e. The lowest BCUT2D eigenvalue weighted by molar-refractivity contribution is 0.0950. The number of hydrogen-bond acceptors (Lipinski definition) is 4. The molecule has 3 aromatic heterocycles. The Kier molecular flexibility index (Phi) is 3.60. The molecule has 0 bridgehead atoms. The fourth-order valence-electron chi connectivity index (χ4n) is 1.73. The molecule has 8 heteroatoms. The smallest absolute Gasteiger partial charge is 0.251 e. The fourth-order valence-corrected chi connectivity index (χ4v) is 2.91. The van der Waals surface area contributed by atoms with Gasteiger partial charge in [-0.25, -0.2) is 9.97 Å². The number of amides is 1. The van der Waals surface area contributed by atoms with Gasteiger partial charge in [-0.05, 0) is 12.1 Å². The van der Waals surface area contributed by atoms with E-state index >= 15 is 0 Å². The molecule has 0 aliphatic carbocycles. The van der Waals surface area contributed by atoms with Crippen LogP contribution in [0.25, 0.3) is 4.96 Å². The van der Waals surface area contributed by atoms with E-state index in [1.807, 2.05) is 22.2 Å². The lowest BCUT2D eigenvalue weighted by Crippen LogP contribution is -2.23. The maximum Gasteiger partial charge on any atom is 0.251 e. The molecule has 0 spiro atoms. The molecular weight excluding hydrogens is 319 g/mol. The van der Waals surface area contributed by atoms with Gasteiger partial charge >= 0.3 is 0 Å². The molecule has 0 saturated carbocycles. The lowest BCUT2D eigenvalue weighted by Gasteiger charge is -2.04. The third-order valence-electron chi connectivity index (χ3n) is 2.60. The molecule has 1 N–H and O–H groups in total. The van der Waals surface area contributed by atoms with Crippen LogP contribution in [0.15, 0.2) is 29.9 Å². The first kappa shape index (κ1) is 13.4. The van der Waals surface area contributed by atoms with Crippen LogP contribution in [-0.4, -0.2) is 20.3 Å². The molecule has 0 aliphatic heterocycles. The van der Waals surface area contributed by atoms with E-state index in [1.54, 1.807) is 0 Å². The van der Waals surface area contributed by atoms with E-state index in [1.165, 1.54) is 23.5 Å². The van der Waals surface area contributed by atoms with Crippen molar-refractivity contribution in [3.8, 4) is 0 Å². The van der Waals surface area contributed by atoms with Gasteiger partial charge in [-0.15, -0.1) is 11.3 Å². The average Bonchev–Trinajstić information content (AvgIpc) is 2.95. The van der Waals surface area contributed by atoms with E-state index in [0.29, 0.717) is 12.1 Å². The summed E-state index contributed by atoms with van der Waals surface area (Å²) < 4.78 is 1.91. The normalized spacial score (nSPS) is 10.9. The number of halogens is 2. The van der Waals surface area contributed by atoms with E-state index in [4.69, 9.17) is 23.2 Å². The highest BCUT2D eigenvalue weighted by Crippen LogP contribution is 2.15. The zero-order valence-corrected chi connectivity index (χ0v) is 12.3. The van der Waals surface area contributed by atoms with Crippen LogP contribution < -0.4 is 5.32 Å². The van der Waals surface area contributed by atoms with E-state index in [0.717, 1.165) is 10.7 Å². The van der Waals surface area contributed by atoms with Crippen LogP contribution >= 0.6 is 34.5 Å². The zero-order valence-electron chi connectivity index (χ0n) is 10.0. The Hall–Kier alpha value is -1.63. The van der Waals surface area contributed by atoms with E-state index < -0.39 is 0 Å². The molecule has 3 aromatic rings. The number of carbonyl (C=O) groups excluding carboxylic acids is 1. The number of pyridine rings is 1. The number of carbonyl (C=O) groups is 1. The second kappa shape index (κ2) is 5.40. The maximum absolute atomic E-state index is 12.0. The summed E-state index contributed by atoms with van der Waals surface area (Å²) in [6.45, 7) is 0.338. The molecule has 0 atom stereocenters. The van der Waals surface area contributed by atoms with Crippen LogP contribution in [0.2, 0.25) is 10.3 Å². The number of hydrogen-bond donors (Lipinski definition) is 1. The Morgan fingerprint density at radius 2 is 2.05 bits per heavy atom. The first-order valence-electron chi connectivity index (χ1n) is 5.64. The van der Waals surface area contributed by atoms with Crippen LogP contribution in [-0.2, 0) is 6.54 Å². The first-order valence-corrected chi connectivity index (χ1v) is 7.28. The van der Waals surface area contributed by atoms with Crippen LogP contribution in [0.3, 0.4) is 0 Å². The van der Waals surface area contributed by atoms with Gasteiger partial charge in [0.15, 0.2) is 4.96 Å². The highest BCUT2D eigenvalue weighted by Gasteiger charge is 2.10. The summed E-state index contributed by atoms with van der Waals surface area (Å²) in [5.41, 5.74) is 1.16. The van der Waals surface area contributed by atoms with Crippen LogP contribution in [0, 0.1) is 0 Å². The lowest BCUT2D eigenvalue weighted by atomic mass is 10.2. The molecule has 5 nitrogen and oxygen atoms in total. The molecule has 3 rings (SSSR count). The molecular formula is C12H8Cl2N4OS. The first-order chi connectivity index (χ1) is 9.61. The molecule has 0 aliphatic rings. The third kappa shape index (κ3) is 2.77.